The van der Waals surface area contributed by atoms with Gasteiger partial charge in [-0.1, -0.05) is 36.4 Å². The molecule has 0 aromatic heterocycles. The molecule has 0 unspecified atom stereocenters. The maximum absolute atomic E-state index is 12.4. The second-order valence-electron chi connectivity index (χ2n) is 5.59. The zero-order valence-corrected chi connectivity index (χ0v) is 13.7. The summed E-state index contributed by atoms with van der Waals surface area (Å²) >= 11 is 0. The minimum atomic E-state index is -0.646. The Balaban J connectivity index is 1.65. The van der Waals surface area contributed by atoms with Crippen LogP contribution in [0.2, 0.25) is 0 Å². The standard InChI is InChI=1S/C19H17NO5/c1-24-16-9-5-3-7-14(16)12-25-18(22)11-20-17(21)10-13-6-2-4-8-15(13)19(20)23/h2-9H,10-12H2,1H3. The maximum atomic E-state index is 12.4. The summed E-state index contributed by atoms with van der Waals surface area (Å²) in [6.45, 7) is -0.392. The van der Waals surface area contributed by atoms with E-state index in [1.54, 1.807) is 42.5 Å². The maximum Gasteiger partial charge on any atom is 0.326 e. The average Bonchev–Trinajstić information content (AvgIpc) is 2.63. The Morgan fingerprint density at radius 3 is 2.60 bits per heavy atom. The van der Waals surface area contributed by atoms with Gasteiger partial charge < -0.3 is 9.47 Å². The molecule has 0 aliphatic carbocycles. The second kappa shape index (κ2) is 7.17. The average molecular weight is 339 g/mol. The van der Waals surface area contributed by atoms with Crippen LogP contribution < -0.4 is 4.74 Å². The van der Waals surface area contributed by atoms with Gasteiger partial charge in [-0.25, -0.2) is 0 Å². The molecule has 0 spiro atoms. The number of rotatable bonds is 5. The van der Waals surface area contributed by atoms with Crippen LogP contribution in [0.1, 0.15) is 21.5 Å². The Bertz CT molecular complexity index is 830. The van der Waals surface area contributed by atoms with Crippen molar-refractivity contribution in [3.05, 3.63) is 65.2 Å². The number of nitrogens with zero attached hydrogens (tertiary/aromatic N) is 1. The van der Waals surface area contributed by atoms with Crippen molar-refractivity contribution in [3.63, 3.8) is 0 Å². The van der Waals surface area contributed by atoms with Gasteiger partial charge in [0.25, 0.3) is 5.91 Å². The lowest BCUT2D eigenvalue weighted by Gasteiger charge is -2.25. The fourth-order valence-electron chi connectivity index (χ4n) is 2.72. The summed E-state index contributed by atoms with van der Waals surface area (Å²) in [4.78, 5) is 37.6. The molecule has 128 valence electrons. The quantitative estimate of drug-likeness (QED) is 0.615. The lowest BCUT2D eigenvalue weighted by atomic mass is 9.98. The third-order valence-corrected chi connectivity index (χ3v) is 4.00. The molecule has 0 saturated carbocycles. The predicted octanol–water partition coefficient (Wildman–Crippen LogP) is 1.96. The first-order chi connectivity index (χ1) is 12.1. The van der Waals surface area contributed by atoms with Crippen molar-refractivity contribution in [2.75, 3.05) is 13.7 Å². The smallest absolute Gasteiger partial charge is 0.326 e. The van der Waals surface area contributed by atoms with Gasteiger partial charge in [-0.3, -0.25) is 19.3 Å². The van der Waals surface area contributed by atoms with Gasteiger partial charge in [-0.15, -0.1) is 0 Å². The zero-order valence-electron chi connectivity index (χ0n) is 13.7. The SMILES string of the molecule is COc1ccccc1COC(=O)CN1C(=O)Cc2ccccc2C1=O. The van der Waals surface area contributed by atoms with E-state index >= 15 is 0 Å². The molecule has 0 atom stereocenters. The lowest BCUT2D eigenvalue weighted by molar-refractivity contribution is -0.149. The van der Waals surface area contributed by atoms with E-state index in [4.69, 9.17) is 9.47 Å². The summed E-state index contributed by atoms with van der Waals surface area (Å²) in [5, 5.41) is 0. The van der Waals surface area contributed by atoms with Crippen molar-refractivity contribution in [2.24, 2.45) is 0 Å². The van der Waals surface area contributed by atoms with Gasteiger partial charge >= 0.3 is 5.97 Å². The normalized spacial score (nSPS) is 13.4. The number of methoxy groups -OCH3 is 1. The molecule has 1 aliphatic heterocycles. The fraction of sp³-hybridized carbons (Fsp3) is 0.211. The summed E-state index contributed by atoms with van der Waals surface area (Å²) in [7, 11) is 1.53. The van der Waals surface area contributed by atoms with Crippen molar-refractivity contribution in [1.29, 1.82) is 0 Å². The van der Waals surface area contributed by atoms with Crippen LogP contribution in [-0.2, 0) is 27.4 Å². The number of benzene rings is 2. The molecular weight excluding hydrogens is 322 g/mol. The zero-order chi connectivity index (χ0) is 17.8. The molecule has 0 N–H and O–H groups in total. The Morgan fingerprint density at radius 1 is 1.08 bits per heavy atom. The van der Waals surface area contributed by atoms with Crippen LogP contribution >= 0.6 is 0 Å². The minimum absolute atomic E-state index is 0.00958. The van der Waals surface area contributed by atoms with Crippen LogP contribution in [0.25, 0.3) is 0 Å². The number of esters is 1. The molecule has 0 fully saturated rings. The minimum Gasteiger partial charge on any atom is -0.496 e. The molecular formula is C19H17NO5. The number of hydrogen-bond acceptors (Lipinski definition) is 5. The number of carbonyl (C=O) groups excluding carboxylic acids is 3. The van der Waals surface area contributed by atoms with Gasteiger partial charge in [0.1, 0.15) is 18.9 Å². The molecule has 2 aromatic carbocycles. The van der Waals surface area contributed by atoms with Crippen molar-refractivity contribution in [3.8, 4) is 5.75 Å². The summed E-state index contributed by atoms with van der Waals surface area (Å²) < 4.78 is 10.4. The topological polar surface area (TPSA) is 72.9 Å². The highest BCUT2D eigenvalue weighted by Crippen LogP contribution is 2.20. The van der Waals surface area contributed by atoms with E-state index in [1.807, 2.05) is 6.07 Å². The Hall–Kier alpha value is -3.15. The lowest BCUT2D eigenvalue weighted by Crippen LogP contribution is -2.45. The van der Waals surface area contributed by atoms with E-state index in [-0.39, 0.29) is 13.0 Å². The van der Waals surface area contributed by atoms with Gasteiger partial charge in [0, 0.05) is 11.1 Å². The number of imide groups is 1. The highest BCUT2D eigenvalue weighted by molar-refractivity contribution is 6.11. The highest BCUT2D eigenvalue weighted by atomic mass is 16.5. The van der Waals surface area contributed by atoms with Gasteiger partial charge in [-0.2, -0.15) is 0 Å². The Morgan fingerprint density at radius 2 is 1.80 bits per heavy atom. The van der Waals surface area contributed by atoms with Crippen molar-refractivity contribution >= 4 is 17.8 Å². The van der Waals surface area contributed by atoms with Crippen LogP contribution in [0.15, 0.2) is 48.5 Å². The Kier molecular flexibility index (Phi) is 4.79. The summed E-state index contributed by atoms with van der Waals surface area (Å²) in [6.07, 6.45) is 0.0989. The molecule has 0 saturated heterocycles. The number of para-hydroxylation sites is 1. The molecule has 3 rings (SSSR count). The van der Waals surface area contributed by atoms with Crippen LogP contribution in [0.5, 0.6) is 5.75 Å². The molecule has 1 aliphatic rings. The molecule has 1 heterocycles. The number of ether oxygens (including phenoxy) is 2. The summed E-state index contributed by atoms with van der Waals surface area (Å²) in [5.41, 5.74) is 1.83. The molecule has 6 heteroatoms. The third-order valence-electron chi connectivity index (χ3n) is 4.00. The van der Waals surface area contributed by atoms with Gasteiger partial charge in [0.05, 0.1) is 13.5 Å². The summed E-state index contributed by atoms with van der Waals surface area (Å²) in [5.74, 6) is -0.916. The first-order valence-electron chi connectivity index (χ1n) is 7.80. The van der Waals surface area contributed by atoms with Crippen molar-refractivity contribution in [2.45, 2.75) is 13.0 Å². The number of fused-ring (bicyclic) bond motifs is 1. The fourth-order valence-corrected chi connectivity index (χ4v) is 2.72. The first-order valence-corrected chi connectivity index (χ1v) is 7.80. The largest absolute Gasteiger partial charge is 0.496 e. The number of carbonyl (C=O) groups is 3. The van der Waals surface area contributed by atoms with E-state index in [0.29, 0.717) is 22.4 Å². The second-order valence-corrected chi connectivity index (χ2v) is 5.59. The monoisotopic (exact) mass is 339 g/mol. The first kappa shape index (κ1) is 16.7. The summed E-state index contributed by atoms with van der Waals surface area (Å²) in [6, 6.07) is 14.0. The van der Waals surface area contributed by atoms with Gasteiger partial charge in [0.15, 0.2) is 0 Å². The number of hydrogen-bond donors (Lipinski definition) is 0. The van der Waals surface area contributed by atoms with Crippen molar-refractivity contribution in [1.82, 2.24) is 4.90 Å². The molecule has 25 heavy (non-hydrogen) atoms. The predicted molar refractivity (Wildman–Crippen MR) is 89.0 cm³/mol. The third kappa shape index (κ3) is 3.52. The van der Waals surface area contributed by atoms with Crippen molar-refractivity contribution < 1.29 is 23.9 Å². The molecule has 6 nitrogen and oxygen atoms in total. The van der Waals surface area contributed by atoms with Gasteiger partial charge in [0.2, 0.25) is 5.91 Å². The highest BCUT2D eigenvalue weighted by Gasteiger charge is 2.32. The molecule has 2 aromatic rings. The molecule has 0 bridgehead atoms. The van der Waals surface area contributed by atoms with Crippen LogP contribution in [0.3, 0.4) is 0 Å². The van der Waals surface area contributed by atoms with E-state index in [1.165, 1.54) is 7.11 Å². The van der Waals surface area contributed by atoms with Crippen LogP contribution in [0.4, 0.5) is 0 Å². The molecule has 2 amide bonds. The van der Waals surface area contributed by atoms with E-state index in [0.717, 1.165) is 4.90 Å². The van der Waals surface area contributed by atoms with Gasteiger partial charge in [-0.05, 0) is 17.7 Å². The number of amides is 2. The van der Waals surface area contributed by atoms with E-state index in [9.17, 15) is 14.4 Å². The van der Waals surface area contributed by atoms with E-state index in [2.05, 4.69) is 0 Å². The Labute approximate surface area is 145 Å². The van der Waals surface area contributed by atoms with Crippen LogP contribution in [-0.4, -0.2) is 36.3 Å². The molecule has 0 radical (unpaired) electrons. The van der Waals surface area contributed by atoms with Crippen LogP contribution in [0, 0.1) is 0 Å². The van der Waals surface area contributed by atoms with E-state index < -0.39 is 24.3 Å².